The Morgan fingerprint density at radius 3 is 2.56 bits per heavy atom. The van der Waals surface area contributed by atoms with E-state index in [9.17, 15) is 0 Å². The summed E-state index contributed by atoms with van der Waals surface area (Å²) in [5.41, 5.74) is 0.696. The van der Waals surface area contributed by atoms with E-state index in [4.69, 9.17) is 4.74 Å². The molecule has 1 saturated heterocycles. The molecule has 1 heterocycles. The average molecular weight is 256 g/mol. The van der Waals surface area contributed by atoms with Gasteiger partial charge in [-0.25, -0.2) is 0 Å². The minimum Gasteiger partial charge on any atom is -0.381 e. The van der Waals surface area contributed by atoms with Crippen molar-refractivity contribution in [1.82, 2.24) is 10.2 Å². The van der Waals surface area contributed by atoms with E-state index >= 15 is 0 Å². The van der Waals surface area contributed by atoms with Crippen LogP contribution in [0.5, 0.6) is 0 Å². The molecule has 0 saturated carbocycles. The van der Waals surface area contributed by atoms with E-state index in [2.05, 4.69) is 45.0 Å². The molecule has 0 spiro atoms. The summed E-state index contributed by atoms with van der Waals surface area (Å²) >= 11 is 0. The summed E-state index contributed by atoms with van der Waals surface area (Å²) in [5, 5.41) is 3.58. The second-order valence-corrected chi connectivity index (χ2v) is 7.21. The number of ether oxygens (including phenoxy) is 1. The minimum absolute atomic E-state index is 0.329. The smallest absolute Gasteiger partial charge is 0.0547 e. The molecule has 1 aliphatic heterocycles. The van der Waals surface area contributed by atoms with Gasteiger partial charge in [-0.15, -0.1) is 0 Å². The highest BCUT2D eigenvalue weighted by Crippen LogP contribution is 2.29. The van der Waals surface area contributed by atoms with Gasteiger partial charge in [0.2, 0.25) is 0 Å². The molecule has 0 aromatic heterocycles. The number of hydrogen-bond donors (Lipinski definition) is 1. The predicted octanol–water partition coefficient (Wildman–Crippen LogP) is 2.37. The van der Waals surface area contributed by atoms with Crippen LogP contribution in [-0.4, -0.2) is 51.3 Å². The van der Waals surface area contributed by atoms with E-state index in [1.54, 1.807) is 0 Å². The van der Waals surface area contributed by atoms with Gasteiger partial charge >= 0.3 is 0 Å². The Morgan fingerprint density at radius 2 is 2.06 bits per heavy atom. The summed E-state index contributed by atoms with van der Waals surface area (Å²) in [5.74, 6) is 0. The maximum atomic E-state index is 5.66. The zero-order chi connectivity index (χ0) is 13.6. The number of nitrogens with one attached hydrogen (secondary N) is 1. The van der Waals surface area contributed by atoms with Crippen molar-refractivity contribution in [3.05, 3.63) is 0 Å². The van der Waals surface area contributed by atoms with E-state index in [1.807, 2.05) is 0 Å². The molecule has 1 atom stereocenters. The molecule has 1 unspecified atom stereocenters. The van der Waals surface area contributed by atoms with Crippen molar-refractivity contribution in [3.63, 3.8) is 0 Å². The van der Waals surface area contributed by atoms with Crippen LogP contribution >= 0.6 is 0 Å². The van der Waals surface area contributed by atoms with Crippen molar-refractivity contribution < 1.29 is 4.74 Å². The Balaban J connectivity index is 2.46. The fourth-order valence-electron chi connectivity index (χ4n) is 2.94. The van der Waals surface area contributed by atoms with Crippen LogP contribution in [0.2, 0.25) is 0 Å². The molecule has 3 heteroatoms. The lowest BCUT2D eigenvalue weighted by Gasteiger charge is -2.35. The molecule has 18 heavy (non-hydrogen) atoms. The fourth-order valence-corrected chi connectivity index (χ4v) is 2.94. The van der Waals surface area contributed by atoms with Crippen LogP contribution in [0.4, 0.5) is 0 Å². The molecule has 1 rings (SSSR count). The molecule has 1 aliphatic rings. The number of nitrogens with zero attached hydrogens (tertiary/aromatic N) is 1. The van der Waals surface area contributed by atoms with Crippen molar-refractivity contribution in [2.75, 3.05) is 46.4 Å². The Hall–Kier alpha value is -0.120. The third-order valence-electron chi connectivity index (χ3n) is 3.46. The SMILES string of the molecule is CCCNCC1(CN(C)CC(C)(C)C)CCOC1. The maximum absolute atomic E-state index is 5.66. The van der Waals surface area contributed by atoms with Crippen molar-refractivity contribution in [2.45, 2.75) is 40.5 Å². The summed E-state index contributed by atoms with van der Waals surface area (Å²) in [7, 11) is 2.24. The van der Waals surface area contributed by atoms with E-state index < -0.39 is 0 Å². The first-order valence-electron chi connectivity index (χ1n) is 7.34. The molecule has 0 bridgehead atoms. The highest BCUT2D eigenvalue weighted by molar-refractivity contribution is 4.88. The largest absolute Gasteiger partial charge is 0.381 e. The fraction of sp³-hybridized carbons (Fsp3) is 1.00. The van der Waals surface area contributed by atoms with Crippen LogP contribution < -0.4 is 5.32 Å². The Bertz CT molecular complexity index is 229. The standard InChI is InChI=1S/C15H32N2O/c1-6-8-16-10-15(7-9-18-13-15)12-17(5)11-14(2,3)4/h16H,6-13H2,1-5H3. The van der Waals surface area contributed by atoms with Crippen LogP contribution in [0.25, 0.3) is 0 Å². The number of rotatable bonds is 7. The Kier molecular flexibility index (Phi) is 6.09. The molecular weight excluding hydrogens is 224 g/mol. The first kappa shape index (κ1) is 15.9. The quantitative estimate of drug-likeness (QED) is 0.708. The van der Waals surface area contributed by atoms with Crippen LogP contribution in [0.1, 0.15) is 40.5 Å². The zero-order valence-corrected chi connectivity index (χ0v) is 13.0. The molecule has 1 fully saturated rings. The van der Waals surface area contributed by atoms with Crippen LogP contribution in [0.3, 0.4) is 0 Å². The normalized spacial score (nSPS) is 25.0. The molecule has 3 nitrogen and oxygen atoms in total. The minimum atomic E-state index is 0.329. The van der Waals surface area contributed by atoms with Gasteiger partial charge in [0, 0.05) is 31.7 Å². The molecule has 0 aliphatic carbocycles. The number of hydrogen-bond acceptors (Lipinski definition) is 3. The summed E-state index contributed by atoms with van der Waals surface area (Å²) in [6, 6.07) is 0. The maximum Gasteiger partial charge on any atom is 0.0547 e. The molecular formula is C15H32N2O. The van der Waals surface area contributed by atoms with Gasteiger partial charge in [-0.3, -0.25) is 0 Å². The van der Waals surface area contributed by atoms with E-state index in [0.29, 0.717) is 10.8 Å². The second kappa shape index (κ2) is 6.88. The lowest BCUT2D eigenvalue weighted by atomic mass is 9.85. The topological polar surface area (TPSA) is 24.5 Å². The van der Waals surface area contributed by atoms with Crippen molar-refractivity contribution in [3.8, 4) is 0 Å². The second-order valence-electron chi connectivity index (χ2n) is 7.21. The van der Waals surface area contributed by atoms with Gasteiger partial charge in [0.05, 0.1) is 6.61 Å². The van der Waals surface area contributed by atoms with Gasteiger partial charge in [-0.2, -0.15) is 0 Å². The zero-order valence-electron chi connectivity index (χ0n) is 13.0. The Labute approximate surface area is 113 Å². The third-order valence-corrected chi connectivity index (χ3v) is 3.46. The summed E-state index contributed by atoms with van der Waals surface area (Å²) < 4.78 is 5.66. The van der Waals surface area contributed by atoms with Crippen LogP contribution in [0.15, 0.2) is 0 Å². The summed E-state index contributed by atoms with van der Waals surface area (Å²) in [6.07, 6.45) is 2.40. The van der Waals surface area contributed by atoms with Gasteiger partial charge in [0.1, 0.15) is 0 Å². The first-order chi connectivity index (χ1) is 8.37. The monoisotopic (exact) mass is 256 g/mol. The first-order valence-corrected chi connectivity index (χ1v) is 7.34. The van der Waals surface area contributed by atoms with E-state index in [-0.39, 0.29) is 0 Å². The van der Waals surface area contributed by atoms with E-state index in [1.165, 1.54) is 12.8 Å². The Morgan fingerprint density at radius 1 is 1.33 bits per heavy atom. The summed E-state index contributed by atoms with van der Waals surface area (Å²) in [4.78, 5) is 2.47. The molecule has 1 N–H and O–H groups in total. The van der Waals surface area contributed by atoms with Crippen LogP contribution in [0, 0.1) is 10.8 Å². The average Bonchev–Trinajstić information content (AvgIpc) is 2.64. The molecule has 0 amide bonds. The highest BCUT2D eigenvalue weighted by atomic mass is 16.5. The molecule has 0 aromatic rings. The van der Waals surface area contributed by atoms with Gasteiger partial charge in [-0.05, 0) is 31.8 Å². The van der Waals surface area contributed by atoms with Crippen molar-refractivity contribution in [1.29, 1.82) is 0 Å². The van der Waals surface area contributed by atoms with Crippen molar-refractivity contribution in [2.24, 2.45) is 10.8 Å². The van der Waals surface area contributed by atoms with Gasteiger partial charge < -0.3 is 15.0 Å². The molecule has 108 valence electrons. The lowest BCUT2D eigenvalue weighted by molar-refractivity contribution is 0.104. The molecule has 0 aromatic carbocycles. The lowest BCUT2D eigenvalue weighted by Crippen LogP contribution is -2.45. The molecule has 0 radical (unpaired) electrons. The van der Waals surface area contributed by atoms with E-state index in [0.717, 1.165) is 39.4 Å². The van der Waals surface area contributed by atoms with Gasteiger partial charge in [0.15, 0.2) is 0 Å². The van der Waals surface area contributed by atoms with Crippen molar-refractivity contribution >= 4 is 0 Å². The third kappa shape index (κ3) is 5.68. The summed E-state index contributed by atoms with van der Waals surface area (Å²) in [6.45, 7) is 15.5. The predicted molar refractivity (Wildman–Crippen MR) is 78.0 cm³/mol. The van der Waals surface area contributed by atoms with Crippen LogP contribution in [-0.2, 0) is 4.74 Å². The van der Waals surface area contributed by atoms with Gasteiger partial charge in [0.25, 0.3) is 0 Å². The highest BCUT2D eigenvalue weighted by Gasteiger charge is 2.36. The van der Waals surface area contributed by atoms with Gasteiger partial charge in [-0.1, -0.05) is 27.7 Å².